The predicted octanol–water partition coefficient (Wildman–Crippen LogP) is 7.27. The molecule has 0 bridgehead atoms. The summed E-state index contributed by atoms with van der Waals surface area (Å²) in [7, 11) is 3.84. The van der Waals surface area contributed by atoms with Crippen LogP contribution in [0.15, 0.2) is 65.7 Å². The summed E-state index contributed by atoms with van der Waals surface area (Å²) >= 11 is 0. The molecule has 4 heteroatoms. The van der Waals surface area contributed by atoms with E-state index in [1.807, 2.05) is 54.7 Å². The van der Waals surface area contributed by atoms with E-state index in [0.717, 1.165) is 23.4 Å². The fraction of sp³-hybridized carbons (Fsp3) is 0.321. The molecular formula is C28H32N2O2. The van der Waals surface area contributed by atoms with E-state index in [-0.39, 0.29) is 5.54 Å². The van der Waals surface area contributed by atoms with E-state index in [2.05, 4.69) is 51.8 Å². The van der Waals surface area contributed by atoms with Gasteiger partial charge in [0.25, 0.3) is 0 Å². The average Bonchev–Trinajstić information content (AvgIpc) is 2.77. The number of methoxy groups -OCH3 is 1. The first-order valence-corrected chi connectivity index (χ1v) is 11.1. The zero-order chi connectivity index (χ0) is 22.9. The second-order valence-corrected chi connectivity index (χ2v) is 9.25. The lowest BCUT2D eigenvalue weighted by molar-refractivity contribution is 0.379. The fourth-order valence-electron chi connectivity index (χ4n) is 4.45. The number of para-hydroxylation sites is 2. The quantitative estimate of drug-likeness (QED) is 0.401. The Morgan fingerprint density at radius 1 is 1.03 bits per heavy atom. The first kappa shape index (κ1) is 21.9. The first-order valence-electron chi connectivity index (χ1n) is 11.1. The largest absolute Gasteiger partial charge is 0.493 e. The molecule has 0 N–H and O–H groups in total. The molecule has 0 aliphatic carbocycles. The summed E-state index contributed by atoms with van der Waals surface area (Å²) in [5, 5.41) is 0. The Kier molecular flexibility index (Phi) is 5.96. The highest BCUT2D eigenvalue weighted by Crippen LogP contribution is 2.43. The maximum absolute atomic E-state index is 5.96. The lowest BCUT2D eigenvalue weighted by Crippen LogP contribution is -2.45. The molecule has 3 aromatic carbocycles. The van der Waals surface area contributed by atoms with E-state index in [4.69, 9.17) is 14.5 Å². The molecule has 1 aliphatic rings. The van der Waals surface area contributed by atoms with E-state index in [0.29, 0.717) is 17.4 Å². The lowest BCUT2D eigenvalue weighted by Gasteiger charge is -2.45. The van der Waals surface area contributed by atoms with Gasteiger partial charge in [0.05, 0.1) is 12.8 Å². The Bertz CT molecular complexity index is 1130. The standard InChI is InChI=1S/C28H32N2O2/c1-19-15-25-24(20(2)17-28(3,4)30(25)5)16-21(19)18-29-22-11-13-23(14-12-22)32-27-10-8-7-9-26(27)31-6/h7-16,18,20H,17H2,1-6H3/t20-/m0/s1. The van der Waals surface area contributed by atoms with Gasteiger partial charge in [-0.25, -0.2) is 0 Å². The van der Waals surface area contributed by atoms with Gasteiger partial charge in [-0.15, -0.1) is 0 Å². The topological polar surface area (TPSA) is 34.1 Å². The van der Waals surface area contributed by atoms with Gasteiger partial charge >= 0.3 is 0 Å². The van der Waals surface area contributed by atoms with Crippen LogP contribution in [0.5, 0.6) is 17.2 Å². The summed E-state index contributed by atoms with van der Waals surface area (Å²) in [6, 6.07) is 20.0. The number of hydrogen-bond acceptors (Lipinski definition) is 4. The molecule has 4 nitrogen and oxygen atoms in total. The van der Waals surface area contributed by atoms with Gasteiger partial charge in [-0.1, -0.05) is 19.1 Å². The van der Waals surface area contributed by atoms with Crippen LogP contribution >= 0.6 is 0 Å². The van der Waals surface area contributed by atoms with Gasteiger partial charge in [-0.2, -0.15) is 0 Å². The summed E-state index contributed by atoms with van der Waals surface area (Å²) < 4.78 is 11.3. The zero-order valence-corrected chi connectivity index (χ0v) is 19.8. The molecule has 4 rings (SSSR count). The molecule has 1 heterocycles. The van der Waals surface area contributed by atoms with E-state index in [1.54, 1.807) is 7.11 Å². The Morgan fingerprint density at radius 3 is 2.41 bits per heavy atom. The van der Waals surface area contributed by atoms with Crippen LogP contribution in [0.2, 0.25) is 0 Å². The minimum atomic E-state index is 0.169. The second kappa shape index (κ2) is 8.70. The van der Waals surface area contributed by atoms with Crippen molar-refractivity contribution >= 4 is 17.6 Å². The summed E-state index contributed by atoms with van der Waals surface area (Å²) in [5.41, 5.74) is 6.20. The van der Waals surface area contributed by atoms with Crippen LogP contribution in [0.3, 0.4) is 0 Å². The number of nitrogens with zero attached hydrogens (tertiary/aromatic N) is 2. The third-order valence-corrected chi connectivity index (χ3v) is 6.51. The van der Waals surface area contributed by atoms with E-state index in [9.17, 15) is 0 Å². The molecule has 3 aromatic rings. The van der Waals surface area contributed by atoms with Crippen molar-refractivity contribution in [2.45, 2.75) is 45.6 Å². The summed E-state index contributed by atoms with van der Waals surface area (Å²) in [4.78, 5) is 7.14. The third kappa shape index (κ3) is 4.36. The SMILES string of the molecule is COc1ccccc1Oc1ccc(N=Cc2cc3c(cc2C)N(C)C(C)(C)C[C@@H]3C)cc1. The lowest BCUT2D eigenvalue weighted by atomic mass is 9.79. The van der Waals surface area contributed by atoms with Crippen LogP contribution < -0.4 is 14.4 Å². The van der Waals surface area contributed by atoms with Crippen molar-refractivity contribution in [3.63, 3.8) is 0 Å². The smallest absolute Gasteiger partial charge is 0.169 e. The number of aryl methyl sites for hydroxylation is 1. The van der Waals surface area contributed by atoms with Crippen molar-refractivity contribution < 1.29 is 9.47 Å². The number of aliphatic imine (C=N–C) groups is 1. The van der Waals surface area contributed by atoms with Crippen LogP contribution in [0.25, 0.3) is 0 Å². The Morgan fingerprint density at radius 2 is 1.72 bits per heavy atom. The molecule has 1 atom stereocenters. The van der Waals surface area contributed by atoms with Crippen molar-refractivity contribution in [2.75, 3.05) is 19.1 Å². The molecule has 0 saturated carbocycles. The van der Waals surface area contributed by atoms with E-state index < -0.39 is 0 Å². The highest BCUT2D eigenvalue weighted by atomic mass is 16.5. The zero-order valence-electron chi connectivity index (χ0n) is 19.8. The maximum atomic E-state index is 5.96. The number of ether oxygens (including phenoxy) is 2. The predicted molar refractivity (Wildman–Crippen MR) is 133 cm³/mol. The number of fused-ring (bicyclic) bond motifs is 1. The molecule has 0 amide bonds. The monoisotopic (exact) mass is 428 g/mol. The molecule has 0 fully saturated rings. The Labute approximate surface area is 191 Å². The third-order valence-electron chi connectivity index (χ3n) is 6.51. The highest BCUT2D eigenvalue weighted by molar-refractivity contribution is 5.86. The second-order valence-electron chi connectivity index (χ2n) is 9.25. The molecule has 0 saturated heterocycles. The number of anilines is 1. The maximum Gasteiger partial charge on any atom is 0.169 e. The number of rotatable bonds is 5. The van der Waals surface area contributed by atoms with Crippen LogP contribution in [-0.4, -0.2) is 25.9 Å². The number of benzene rings is 3. The molecule has 32 heavy (non-hydrogen) atoms. The van der Waals surface area contributed by atoms with E-state index in [1.165, 1.54) is 16.8 Å². The van der Waals surface area contributed by atoms with Crippen molar-refractivity contribution in [2.24, 2.45) is 4.99 Å². The average molecular weight is 429 g/mol. The molecule has 1 aliphatic heterocycles. The van der Waals surface area contributed by atoms with Gasteiger partial charge in [0.1, 0.15) is 5.75 Å². The normalized spacial score (nSPS) is 17.3. The Hall–Kier alpha value is -3.27. The van der Waals surface area contributed by atoms with Gasteiger partial charge in [-0.05, 0) is 98.3 Å². The summed E-state index contributed by atoms with van der Waals surface area (Å²) in [6.45, 7) is 9.12. The first-order chi connectivity index (χ1) is 15.3. The van der Waals surface area contributed by atoms with Crippen molar-refractivity contribution in [1.82, 2.24) is 0 Å². The number of hydrogen-bond donors (Lipinski definition) is 0. The molecule has 0 aromatic heterocycles. The van der Waals surface area contributed by atoms with Crippen molar-refractivity contribution in [3.8, 4) is 17.2 Å². The summed E-state index contributed by atoms with van der Waals surface area (Å²) in [6.07, 6.45) is 3.11. The van der Waals surface area contributed by atoms with Gasteiger partial charge in [0.15, 0.2) is 11.5 Å². The van der Waals surface area contributed by atoms with Crippen LogP contribution in [0.4, 0.5) is 11.4 Å². The van der Waals surface area contributed by atoms with Crippen LogP contribution in [0.1, 0.15) is 49.8 Å². The van der Waals surface area contributed by atoms with E-state index >= 15 is 0 Å². The molecular weight excluding hydrogens is 396 g/mol. The molecule has 0 spiro atoms. The molecule has 0 unspecified atom stereocenters. The molecule has 166 valence electrons. The highest BCUT2D eigenvalue weighted by Gasteiger charge is 2.34. The summed E-state index contributed by atoms with van der Waals surface area (Å²) in [5.74, 6) is 2.67. The van der Waals surface area contributed by atoms with Crippen molar-refractivity contribution in [3.05, 3.63) is 77.4 Å². The van der Waals surface area contributed by atoms with Gasteiger partial charge < -0.3 is 14.4 Å². The van der Waals surface area contributed by atoms with Gasteiger partial charge in [0, 0.05) is 24.5 Å². The minimum Gasteiger partial charge on any atom is -0.493 e. The van der Waals surface area contributed by atoms with Crippen LogP contribution in [-0.2, 0) is 0 Å². The fourth-order valence-corrected chi connectivity index (χ4v) is 4.45. The van der Waals surface area contributed by atoms with Crippen LogP contribution in [0, 0.1) is 6.92 Å². The van der Waals surface area contributed by atoms with Crippen molar-refractivity contribution in [1.29, 1.82) is 0 Å². The van der Waals surface area contributed by atoms with Gasteiger partial charge in [-0.3, -0.25) is 4.99 Å². The minimum absolute atomic E-state index is 0.169. The van der Waals surface area contributed by atoms with Gasteiger partial charge in [0.2, 0.25) is 0 Å². The Balaban J connectivity index is 1.53. The molecule has 0 radical (unpaired) electrons.